The van der Waals surface area contributed by atoms with E-state index < -0.39 is 18.0 Å². The molecule has 0 spiro atoms. The standard InChI is InChI=1S/C9H12O3S/c1-5-3-4-13-8(5)7(10)6(2)9(11)12/h3-4,6-7,10H,1-2H3,(H,11,12). The smallest absolute Gasteiger partial charge is 0.309 e. The zero-order valence-corrected chi connectivity index (χ0v) is 8.34. The van der Waals surface area contributed by atoms with Gasteiger partial charge in [0.25, 0.3) is 0 Å². The summed E-state index contributed by atoms with van der Waals surface area (Å²) in [5.74, 6) is -1.72. The molecule has 1 rings (SSSR count). The van der Waals surface area contributed by atoms with Crippen LogP contribution < -0.4 is 0 Å². The second kappa shape index (κ2) is 3.89. The van der Waals surface area contributed by atoms with Gasteiger partial charge in [-0.25, -0.2) is 0 Å². The maximum absolute atomic E-state index is 10.6. The van der Waals surface area contributed by atoms with Crippen molar-refractivity contribution in [2.45, 2.75) is 20.0 Å². The third-order valence-electron chi connectivity index (χ3n) is 2.03. The summed E-state index contributed by atoms with van der Waals surface area (Å²) in [6.45, 7) is 3.37. The summed E-state index contributed by atoms with van der Waals surface area (Å²) in [6, 6.07) is 1.87. The van der Waals surface area contributed by atoms with E-state index in [4.69, 9.17) is 5.11 Å². The normalized spacial score (nSPS) is 15.3. The average molecular weight is 200 g/mol. The fourth-order valence-electron chi connectivity index (χ4n) is 1.05. The van der Waals surface area contributed by atoms with Gasteiger partial charge in [-0.3, -0.25) is 4.79 Å². The molecule has 0 aromatic carbocycles. The molecular formula is C9H12O3S. The first-order valence-electron chi connectivity index (χ1n) is 3.99. The quantitative estimate of drug-likeness (QED) is 0.782. The molecule has 0 aliphatic carbocycles. The monoisotopic (exact) mass is 200 g/mol. The van der Waals surface area contributed by atoms with E-state index in [-0.39, 0.29) is 0 Å². The van der Waals surface area contributed by atoms with Crippen molar-refractivity contribution in [3.8, 4) is 0 Å². The largest absolute Gasteiger partial charge is 0.481 e. The second-order valence-corrected chi connectivity index (χ2v) is 3.99. The number of carboxylic acid groups (broad SMARTS) is 1. The molecular weight excluding hydrogens is 188 g/mol. The Hall–Kier alpha value is -0.870. The lowest BCUT2D eigenvalue weighted by Gasteiger charge is -2.13. The van der Waals surface area contributed by atoms with Crippen LogP contribution in [-0.2, 0) is 4.79 Å². The molecule has 1 aromatic rings. The van der Waals surface area contributed by atoms with Crippen molar-refractivity contribution in [1.82, 2.24) is 0 Å². The number of carboxylic acids is 1. The predicted octanol–water partition coefficient (Wildman–Crippen LogP) is 1.81. The summed E-state index contributed by atoms with van der Waals surface area (Å²) in [5, 5.41) is 20.2. The van der Waals surface area contributed by atoms with Gasteiger partial charge in [0.15, 0.2) is 0 Å². The SMILES string of the molecule is Cc1ccsc1C(O)C(C)C(=O)O. The third kappa shape index (κ3) is 2.08. The highest BCUT2D eigenvalue weighted by Gasteiger charge is 2.24. The van der Waals surface area contributed by atoms with Crippen LogP contribution in [0.3, 0.4) is 0 Å². The van der Waals surface area contributed by atoms with Gasteiger partial charge in [0.2, 0.25) is 0 Å². The lowest BCUT2D eigenvalue weighted by molar-refractivity contribution is -0.144. The van der Waals surface area contributed by atoms with Crippen LogP contribution in [0.1, 0.15) is 23.5 Å². The van der Waals surface area contributed by atoms with E-state index in [9.17, 15) is 9.90 Å². The number of thiophene rings is 1. The fraction of sp³-hybridized carbons (Fsp3) is 0.444. The van der Waals surface area contributed by atoms with Gasteiger partial charge in [0.1, 0.15) is 6.10 Å². The van der Waals surface area contributed by atoms with E-state index in [0.717, 1.165) is 10.4 Å². The first kappa shape index (κ1) is 10.2. The Kier molecular flexibility index (Phi) is 3.06. The molecule has 3 nitrogen and oxygen atoms in total. The summed E-state index contributed by atoms with van der Waals surface area (Å²) in [6.07, 6.45) is -0.891. The van der Waals surface area contributed by atoms with E-state index in [0.29, 0.717) is 0 Å². The van der Waals surface area contributed by atoms with Gasteiger partial charge < -0.3 is 10.2 Å². The van der Waals surface area contributed by atoms with Crippen molar-refractivity contribution >= 4 is 17.3 Å². The van der Waals surface area contributed by atoms with Crippen LogP contribution in [0.4, 0.5) is 0 Å². The molecule has 0 bridgehead atoms. The van der Waals surface area contributed by atoms with Crippen molar-refractivity contribution in [1.29, 1.82) is 0 Å². The number of aliphatic hydroxyl groups excluding tert-OH is 1. The Morgan fingerprint density at radius 2 is 2.23 bits per heavy atom. The lowest BCUT2D eigenvalue weighted by atomic mass is 10.0. The zero-order valence-electron chi connectivity index (χ0n) is 7.52. The van der Waals surface area contributed by atoms with Crippen LogP contribution in [0.25, 0.3) is 0 Å². The van der Waals surface area contributed by atoms with Crippen LogP contribution in [0.5, 0.6) is 0 Å². The van der Waals surface area contributed by atoms with Crippen LogP contribution >= 0.6 is 11.3 Å². The summed E-state index contributed by atoms with van der Waals surface area (Å²) >= 11 is 1.39. The molecule has 0 aliphatic heterocycles. The van der Waals surface area contributed by atoms with E-state index in [1.807, 2.05) is 18.4 Å². The van der Waals surface area contributed by atoms with Gasteiger partial charge in [0.05, 0.1) is 5.92 Å². The Morgan fingerprint density at radius 3 is 2.62 bits per heavy atom. The van der Waals surface area contributed by atoms with Crippen molar-refractivity contribution in [3.63, 3.8) is 0 Å². The van der Waals surface area contributed by atoms with Gasteiger partial charge in [-0.2, -0.15) is 0 Å². The summed E-state index contributed by atoms with van der Waals surface area (Å²) < 4.78 is 0. The highest BCUT2D eigenvalue weighted by atomic mass is 32.1. The molecule has 2 N–H and O–H groups in total. The fourth-order valence-corrected chi connectivity index (χ4v) is 2.07. The first-order chi connectivity index (χ1) is 6.04. The molecule has 0 aliphatic rings. The topological polar surface area (TPSA) is 57.5 Å². The van der Waals surface area contributed by atoms with Gasteiger partial charge in [-0.15, -0.1) is 11.3 Å². The molecule has 2 atom stereocenters. The molecule has 1 aromatic heterocycles. The Morgan fingerprint density at radius 1 is 1.62 bits per heavy atom. The number of hydrogen-bond acceptors (Lipinski definition) is 3. The summed E-state index contributed by atoms with van der Waals surface area (Å²) in [7, 11) is 0. The third-order valence-corrected chi connectivity index (χ3v) is 3.12. The number of aryl methyl sites for hydroxylation is 1. The Bertz CT molecular complexity index is 306. The van der Waals surface area contributed by atoms with Crippen LogP contribution in [-0.4, -0.2) is 16.2 Å². The van der Waals surface area contributed by atoms with E-state index in [2.05, 4.69) is 0 Å². The molecule has 1 heterocycles. The molecule has 0 amide bonds. The zero-order chi connectivity index (χ0) is 10.0. The minimum atomic E-state index is -0.972. The molecule has 0 saturated carbocycles. The molecule has 0 radical (unpaired) electrons. The molecule has 0 saturated heterocycles. The van der Waals surface area contributed by atoms with E-state index in [1.165, 1.54) is 18.3 Å². The van der Waals surface area contributed by atoms with Crippen LogP contribution in [0.2, 0.25) is 0 Å². The minimum absolute atomic E-state index is 0.745. The van der Waals surface area contributed by atoms with Crippen LogP contribution in [0.15, 0.2) is 11.4 Å². The van der Waals surface area contributed by atoms with Gasteiger partial charge in [0, 0.05) is 4.88 Å². The molecule has 72 valence electrons. The van der Waals surface area contributed by atoms with Gasteiger partial charge >= 0.3 is 5.97 Å². The lowest BCUT2D eigenvalue weighted by Crippen LogP contribution is -2.18. The molecule has 13 heavy (non-hydrogen) atoms. The number of hydrogen-bond donors (Lipinski definition) is 2. The van der Waals surface area contributed by atoms with Crippen molar-refractivity contribution < 1.29 is 15.0 Å². The summed E-state index contributed by atoms with van der Waals surface area (Å²) in [4.78, 5) is 11.3. The predicted molar refractivity (Wildman–Crippen MR) is 50.8 cm³/mol. The van der Waals surface area contributed by atoms with Gasteiger partial charge in [-0.05, 0) is 30.9 Å². The first-order valence-corrected chi connectivity index (χ1v) is 4.87. The maximum atomic E-state index is 10.6. The van der Waals surface area contributed by atoms with E-state index in [1.54, 1.807) is 0 Å². The minimum Gasteiger partial charge on any atom is -0.481 e. The molecule has 0 fully saturated rings. The van der Waals surface area contributed by atoms with Crippen molar-refractivity contribution in [2.75, 3.05) is 0 Å². The van der Waals surface area contributed by atoms with E-state index >= 15 is 0 Å². The van der Waals surface area contributed by atoms with Crippen LogP contribution in [0, 0.1) is 12.8 Å². The van der Waals surface area contributed by atoms with Crippen molar-refractivity contribution in [2.24, 2.45) is 5.92 Å². The average Bonchev–Trinajstić information content (AvgIpc) is 2.48. The number of rotatable bonds is 3. The van der Waals surface area contributed by atoms with Crippen molar-refractivity contribution in [3.05, 3.63) is 21.9 Å². The molecule has 4 heteroatoms. The Balaban J connectivity index is 2.85. The number of carbonyl (C=O) groups is 1. The molecule has 2 unspecified atom stereocenters. The highest BCUT2D eigenvalue weighted by molar-refractivity contribution is 7.10. The maximum Gasteiger partial charge on any atom is 0.309 e. The summed E-state index contributed by atoms with van der Waals surface area (Å²) in [5.41, 5.74) is 0.950. The number of aliphatic carboxylic acids is 1. The second-order valence-electron chi connectivity index (χ2n) is 3.04. The van der Waals surface area contributed by atoms with Gasteiger partial charge in [-0.1, -0.05) is 0 Å². The number of aliphatic hydroxyl groups is 1. The Labute approximate surface area is 80.6 Å². The highest BCUT2D eigenvalue weighted by Crippen LogP contribution is 2.29.